The molecule has 2 N–H and O–H groups in total. The summed E-state index contributed by atoms with van der Waals surface area (Å²) in [5.41, 5.74) is 2.83. The molecule has 0 aromatic carbocycles. The van der Waals surface area contributed by atoms with Gasteiger partial charge in [0, 0.05) is 25.2 Å². The van der Waals surface area contributed by atoms with Gasteiger partial charge in [-0.05, 0) is 13.0 Å². The number of fused-ring (bicyclic) bond motifs is 1. The first-order valence-electron chi connectivity index (χ1n) is 7.83. The Labute approximate surface area is 137 Å². The number of imidazole rings is 1. The molecular formula is C16H17N5O3. The maximum absolute atomic E-state index is 12.6. The molecule has 3 aromatic rings. The van der Waals surface area contributed by atoms with E-state index in [-0.39, 0.29) is 11.7 Å². The van der Waals surface area contributed by atoms with E-state index in [0.29, 0.717) is 32.1 Å². The van der Waals surface area contributed by atoms with Crippen LogP contribution in [0.1, 0.15) is 28.9 Å². The summed E-state index contributed by atoms with van der Waals surface area (Å²) in [7, 11) is 0. The molecule has 8 nitrogen and oxygen atoms in total. The van der Waals surface area contributed by atoms with Crippen LogP contribution in [0, 0.1) is 0 Å². The number of rotatable bonds is 4. The van der Waals surface area contributed by atoms with E-state index < -0.39 is 0 Å². The second kappa shape index (κ2) is 5.88. The van der Waals surface area contributed by atoms with Crippen LogP contribution in [0.3, 0.4) is 0 Å². The Morgan fingerprint density at radius 2 is 2.38 bits per heavy atom. The van der Waals surface area contributed by atoms with Gasteiger partial charge in [0.25, 0.3) is 11.9 Å². The highest BCUT2D eigenvalue weighted by Crippen LogP contribution is 2.24. The topological polar surface area (TPSA) is 100 Å². The first-order valence-corrected chi connectivity index (χ1v) is 7.83. The van der Waals surface area contributed by atoms with Gasteiger partial charge in [0.1, 0.15) is 5.82 Å². The van der Waals surface area contributed by atoms with E-state index >= 15 is 0 Å². The number of aromatic amines is 2. The maximum Gasteiger partial charge on any atom is 0.290 e. The van der Waals surface area contributed by atoms with Crippen molar-refractivity contribution in [1.29, 1.82) is 0 Å². The summed E-state index contributed by atoms with van der Waals surface area (Å²) in [5, 5.41) is 6.70. The summed E-state index contributed by atoms with van der Waals surface area (Å²) in [4.78, 5) is 22.2. The molecule has 0 bridgehead atoms. The molecular weight excluding hydrogens is 310 g/mol. The van der Waals surface area contributed by atoms with Crippen LogP contribution in [0.5, 0.6) is 5.95 Å². The second-order valence-corrected chi connectivity index (χ2v) is 5.53. The smallest absolute Gasteiger partial charge is 0.290 e. The number of carbonyl (C=O) groups is 1. The van der Waals surface area contributed by atoms with Crippen molar-refractivity contribution in [1.82, 2.24) is 25.1 Å². The average Bonchev–Trinajstić information content (AvgIpc) is 3.33. The summed E-state index contributed by atoms with van der Waals surface area (Å²) < 4.78 is 10.7. The van der Waals surface area contributed by atoms with Crippen molar-refractivity contribution in [3.8, 4) is 17.3 Å². The van der Waals surface area contributed by atoms with Crippen molar-refractivity contribution in [3.05, 3.63) is 41.7 Å². The van der Waals surface area contributed by atoms with E-state index in [9.17, 15) is 4.79 Å². The molecule has 0 unspecified atom stereocenters. The van der Waals surface area contributed by atoms with Crippen molar-refractivity contribution in [2.45, 2.75) is 19.9 Å². The van der Waals surface area contributed by atoms with Gasteiger partial charge in [0.15, 0.2) is 5.76 Å². The van der Waals surface area contributed by atoms with E-state index in [2.05, 4.69) is 20.2 Å². The zero-order chi connectivity index (χ0) is 16.5. The number of carbonyl (C=O) groups excluding carboxylic acids is 1. The number of H-pyrrole nitrogens is 2. The van der Waals surface area contributed by atoms with Crippen LogP contribution in [0.15, 0.2) is 28.9 Å². The molecule has 0 saturated heterocycles. The molecule has 0 atom stereocenters. The SMILES string of the molecule is CCOc1ccc(C(=O)N2CCc3nc(-c4cn[nH]c4)[nH]c3C2)o1. The summed E-state index contributed by atoms with van der Waals surface area (Å²) in [6.07, 6.45) is 4.20. The summed E-state index contributed by atoms with van der Waals surface area (Å²) >= 11 is 0. The largest absolute Gasteiger partial charge is 0.465 e. The maximum atomic E-state index is 12.6. The molecule has 0 aliphatic carbocycles. The monoisotopic (exact) mass is 327 g/mol. The van der Waals surface area contributed by atoms with Gasteiger partial charge < -0.3 is 19.0 Å². The van der Waals surface area contributed by atoms with E-state index in [1.165, 1.54) is 0 Å². The molecule has 4 heterocycles. The van der Waals surface area contributed by atoms with Gasteiger partial charge >= 0.3 is 0 Å². The van der Waals surface area contributed by atoms with Crippen LogP contribution in [-0.2, 0) is 13.0 Å². The van der Waals surface area contributed by atoms with Crippen LogP contribution < -0.4 is 4.74 Å². The standard InChI is InChI=1S/C16H17N5O3/c1-2-23-14-4-3-13(24-14)16(22)21-6-5-11-12(9-21)20-15(19-11)10-7-17-18-8-10/h3-4,7-8H,2,5-6,9H2,1H3,(H,17,18)(H,19,20). The highest BCUT2D eigenvalue weighted by Gasteiger charge is 2.26. The molecule has 4 rings (SSSR count). The van der Waals surface area contributed by atoms with Crippen molar-refractivity contribution in [2.75, 3.05) is 13.2 Å². The van der Waals surface area contributed by atoms with Crippen LogP contribution in [0.4, 0.5) is 0 Å². The Hall–Kier alpha value is -3.03. The van der Waals surface area contributed by atoms with Gasteiger partial charge in [0.05, 0.1) is 36.3 Å². The first kappa shape index (κ1) is 14.6. The number of aromatic nitrogens is 4. The van der Waals surface area contributed by atoms with E-state index in [1.807, 2.05) is 6.92 Å². The normalized spacial score (nSPS) is 13.8. The van der Waals surface area contributed by atoms with Gasteiger partial charge in [-0.15, -0.1) is 0 Å². The Morgan fingerprint density at radius 3 is 3.17 bits per heavy atom. The fraction of sp³-hybridized carbons (Fsp3) is 0.312. The highest BCUT2D eigenvalue weighted by molar-refractivity contribution is 5.91. The van der Waals surface area contributed by atoms with Crippen molar-refractivity contribution >= 4 is 5.91 Å². The number of furan rings is 1. The van der Waals surface area contributed by atoms with Crippen LogP contribution >= 0.6 is 0 Å². The molecule has 124 valence electrons. The van der Waals surface area contributed by atoms with Gasteiger partial charge in [-0.2, -0.15) is 5.10 Å². The summed E-state index contributed by atoms with van der Waals surface area (Å²) in [6.45, 7) is 3.45. The van der Waals surface area contributed by atoms with Crippen molar-refractivity contribution in [3.63, 3.8) is 0 Å². The molecule has 1 aliphatic rings. The van der Waals surface area contributed by atoms with Gasteiger partial charge in [-0.1, -0.05) is 0 Å². The number of hydrogen-bond acceptors (Lipinski definition) is 5. The molecule has 0 saturated carbocycles. The molecule has 8 heteroatoms. The fourth-order valence-corrected chi connectivity index (χ4v) is 2.80. The van der Waals surface area contributed by atoms with Gasteiger partial charge in [-0.25, -0.2) is 4.98 Å². The minimum atomic E-state index is -0.147. The lowest BCUT2D eigenvalue weighted by molar-refractivity contribution is 0.0691. The van der Waals surface area contributed by atoms with E-state index in [1.54, 1.807) is 29.4 Å². The van der Waals surface area contributed by atoms with Gasteiger partial charge in [0.2, 0.25) is 0 Å². The molecule has 1 amide bonds. The van der Waals surface area contributed by atoms with Crippen molar-refractivity contribution in [2.24, 2.45) is 0 Å². The zero-order valence-electron chi connectivity index (χ0n) is 13.2. The lowest BCUT2D eigenvalue weighted by Crippen LogP contribution is -2.35. The molecule has 0 spiro atoms. The molecule has 0 fully saturated rings. The fourth-order valence-electron chi connectivity index (χ4n) is 2.80. The number of amides is 1. The zero-order valence-corrected chi connectivity index (χ0v) is 13.2. The quantitative estimate of drug-likeness (QED) is 0.763. The molecule has 3 aromatic heterocycles. The molecule has 1 aliphatic heterocycles. The predicted molar refractivity (Wildman–Crippen MR) is 84.5 cm³/mol. The lowest BCUT2D eigenvalue weighted by atomic mass is 10.1. The third-order valence-corrected chi connectivity index (χ3v) is 3.97. The minimum absolute atomic E-state index is 0.147. The summed E-state index contributed by atoms with van der Waals surface area (Å²) in [6, 6.07) is 3.31. The number of nitrogens with one attached hydrogen (secondary N) is 2. The highest BCUT2D eigenvalue weighted by atomic mass is 16.6. The Morgan fingerprint density at radius 1 is 1.46 bits per heavy atom. The Bertz CT molecular complexity index is 849. The second-order valence-electron chi connectivity index (χ2n) is 5.53. The average molecular weight is 327 g/mol. The number of hydrogen-bond donors (Lipinski definition) is 2. The van der Waals surface area contributed by atoms with Crippen LogP contribution in [0.25, 0.3) is 11.4 Å². The third kappa shape index (κ3) is 2.55. The van der Waals surface area contributed by atoms with E-state index in [4.69, 9.17) is 9.15 Å². The first-order chi connectivity index (χ1) is 11.7. The Balaban J connectivity index is 1.52. The van der Waals surface area contributed by atoms with Gasteiger partial charge in [-0.3, -0.25) is 9.89 Å². The van der Waals surface area contributed by atoms with E-state index in [0.717, 1.165) is 22.8 Å². The predicted octanol–water partition coefficient (Wildman–Crippen LogP) is 1.99. The lowest BCUT2D eigenvalue weighted by Gasteiger charge is -2.25. The minimum Gasteiger partial charge on any atom is -0.465 e. The Kier molecular flexibility index (Phi) is 3.56. The molecule has 0 radical (unpaired) electrons. The summed E-state index contributed by atoms with van der Waals surface area (Å²) in [5.74, 6) is 1.27. The number of nitrogens with zero attached hydrogens (tertiary/aromatic N) is 3. The third-order valence-electron chi connectivity index (χ3n) is 3.97. The van der Waals surface area contributed by atoms with Crippen LogP contribution in [0.2, 0.25) is 0 Å². The molecule has 24 heavy (non-hydrogen) atoms. The number of ether oxygens (including phenoxy) is 1. The van der Waals surface area contributed by atoms with Crippen LogP contribution in [-0.4, -0.2) is 44.1 Å². The van der Waals surface area contributed by atoms with Crippen molar-refractivity contribution < 1.29 is 13.9 Å².